The van der Waals surface area contributed by atoms with Crippen LogP contribution in [0.4, 0.5) is 0 Å². The van der Waals surface area contributed by atoms with Gasteiger partial charge in [0, 0.05) is 18.0 Å². The Bertz CT molecular complexity index is 712. The Morgan fingerprint density at radius 1 is 0.900 bits per heavy atom. The number of aryl methyl sites for hydroxylation is 1. The van der Waals surface area contributed by atoms with Crippen molar-refractivity contribution >= 4 is 16.8 Å². The Hall–Kier alpha value is -2.35. The number of carbonyl (C=O) groups excluding carboxylic acids is 1. The molecule has 3 aromatic rings. The van der Waals surface area contributed by atoms with Crippen LogP contribution in [0.1, 0.15) is 23.2 Å². The van der Waals surface area contributed by atoms with Gasteiger partial charge in [0.05, 0.1) is 5.52 Å². The van der Waals surface area contributed by atoms with Crippen LogP contribution in [0.2, 0.25) is 0 Å². The number of hydrogen-bond donors (Lipinski definition) is 0. The van der Waals surface area contributed by atoms with Gasteiger partial charge in [-0.25, -0.2) is 0 Å². The zero-order valence-corrected chi connectivity index (χ0v) is 11.3. The quantitative estimate of drug-likeness (QED) is 0.687. The summed E-state index contributed by atoms with van der Waals surface area (Å²) in [6.45, 7) is 0. The number of hydrogen-bond acceptors (Lipinski definition) is 1. The van der Waals surface area contributed by atoms with Crippen molar-refractivity contribution in [1.29, 1.82) is 0 Å². The molecular formula is C18H17NO. The van der Waals surface area contributed by atoms with E-state index in [0.717, 1.165) is 23.7 Å². The molecule has 0 amide bonds. The van der Waals surface area contributed by atoms with Crippen molar-refractivity contribution in [1.82, 2.24) is 4.57 Å². The summed E-state index contributed by atoms with van der Waals surface area (Å²) in [5, 5.41) is 1.11. The molecule has 1 aromatic heterocycles. The van der Waals surface area contributed by atoms with Crippen molar-refractivity contribution < 1.29 is 4.79 Å². The number of aromatic nitrogens is 1. The SMILES string of the molecule is O=C(CCCc1ccccc1)n1ccc2ccccc21. The summed E-state index contributed by atoms with van der Waals surface area (Å²) < 4.78 is 1.76. The van der Waals surface area contributed by atoms with Gasteiger partial charge in [0.25, 0.3) is 0 Å². The number of para-hydroxylation sites is 1. The second-order valence-corrected chi connectivity index (χ2v) is 4.98. The van der Waals surface area contributed by atoms with Crippen molar-refractivity contribution in [3.8, 4) is 0 Å². The molecule has 0 aliphatic rings. The second kappa shape index (κ2) is 5.74. The van der Waals surface area contributed by atoms with Gasteiger partial charge in [-0.2, -0.15) is 0 Å². The molecule has 0 N–H and O–H groups in total. The molecule has 0 aliphatic carbocycles. The van der Waals surface area contributed by atoms with Crippen LogP contribution in [0.3, 0.4) is 0 Å². The van der Waals surface area contributed by atoms with E-state index in [4.69, 9.17) is 0 Å². The van der Waals surface area contributed by atoms with E-state index in [-0.39, 0.29) is 5.91 Å². The molecule has 0 saturated carbocycles. The molecule has 0 unspecified atom stereocenters. The molecule has 2 heteroatoms. The Kier molecular flexibility index (Phi) is 3.64. The first kappa shape index (κ1) is 12.7. The summed E-state index contributed by atoms with van der Waals surface area (Å²) in [5.41, 5.74) is 2.29. The number of fused-ring (bicyclic) bond motifs is 1. The van der Waals surface area contributed by atoms with Gasteiger partial charge >= 0.3 is 0 Å². The summed E-state index contributed by atoms with van der Waals surface area (Å²) in [5.74, 6) is 0.169. The lowest BCUT2D eigenvalue weighted by atomic mass is 10.1. The minimum absolute atomic E-state index is 0.169. The van der Waals surface area contributed by atoms with Crippen LogP contribution in [0.15, 0.2) is 66.9 Å². The normalized spacial score (nSPS) is 10.8. The topological polar surface area (TPSA) is 22.0 Å². The highest BCUT2D eigenvalue weighted by Crippen LogP contribution is 2.16. The lowest BCUT2D eigenvalue weighted by molar-refractivity contribution is 0.0905. The lowest BCUT2D eigenvalue weighted by Crippen LogP contribution is -2.09. The van der Waals surface area contributed by atoms with Crippen LogP contribution in [-0.4, -0.2) is 10.5 Å². The largest absolute Gasteiger partial charge is 0.287 e. The maximum Gasteiger partial charge on any atom is 0.231 e. The Morgan fingerprint density at radius 2 is 1.65 bits per heavy atom. The molecular weight excluding hydrogens is 246 g/mol. The number of nitrogens with zero attached hydrogens (tertiary/aromatic N) is 1. The predicted octanol–water partition coefficient (Wildman–Crippen LogP) is 4.30. The van der Waals surface area contributed by atoms with Crippen molar-refractivity contribution in [2.24, 2.45) is 0 Å². The van der Waals surface area contributed by atoms with Gasteiger partial charge in [0.15, 0.2) is 0 Å². The van der Waals surface area contributed by atoms with Crippen LogP contribution >= 0.6 is 0 Å². The van der Waals surface area contributed by atoms with Gasteiger partial charge in [-0.15, -0.1) is 0 Å². The summed E-state index contributed by atoms with van der Waals surface area (Å²) >= 11 is 0. The summed E-state index contributed by atoms with van der Waals surface area (Å²) in [7, 11) is 0. The number of carbonyl (C=O) groups is 1. The monoisotopic (exact) mass is 263 g/mol. The summed E-state index contributed by atoms with van der Waals surface area (Å²) in [6, 6.07) is 20.3. The van der Waals surface area contributed by atoms with Crippen LogP contribution in [0, 0.1) is 0 Å². The van der Waals surface area contributed by atoms with Gasteiger partial charge in [0.1, 0.15) is 0 Å². The highest BCUT2D eigenvalue weighted by molar-refractivity contribution is 5.92. The number of rotatable bonds is 4. The van der Waals surface area contributed by atoms with Crippen molar-refractivity contribution in [2.45, 2.75) is 19.3 Å². The highest BCUT2D eigenvalue weighted by atomic mass is 16.2. The molecule has 0 atom stereocenters. The zero-order valence-electron chi connectivity index (χ0n) is 11.3. The second-order valence-electron chi connectivity index (χ2n) is 4.98. The van der Waals surface area contributed by atoms with E-state index in [2.05, 4.69) is 12.1 Å². The third-order valence-corrected chi connectivity index (χ3v) is 3.57. The molecule has 0 aliphatic heterocycles. The molecule has 0 fully saturated rings. The van der Waals surface area contributed by atoms with Gasteiger partial charge in [-0.1, -0.05) is 48.5 Å². The van der Waals surface area contributed by atoms with Crippen molar-refractivity contribution in [3.63, 3.8) is 0 Å². The van der Waals surface area contributed by atoms with Crippen LogP contribution in [0.25, 0.3) is 10.9 Å². The van der Waals surface area contributed by atoms with Gasteiger partial charge in [0.2, 0.25) is 5.91 Å². The van der Waals surface area contributed by atoms with Crippen LogP contribution < -0.4 is 0 Å². The number of benzene rings is 2. The molecule has 100 valence electrons. The average Bonchev–Trinajstić information content (AvgIpc) is 2.92. The highest BCUT2D eigenvalue weighted by Gasteiger charge is 2.08. The predicted molar refractivity (Wildman–Crippen MR) is 81.9 cm³/mol. The summed E-state index contributed by atoms with van der Waals surface area (Å²) in [4.78, 5) is 12.3. The molecule has 20 heavy (non-hydrogen) atoms. The maximum atomic E-state index is 12.3. The standard InChI is InChI=1S/C18H17NO/c20-18(12-6-9-15-7-2-1-3-8-15)19-14-13-16-10-4-5-11-17(16)19/h1-5,7-8,10-11,13-14H,6,9,12H2. The lowest BCUT2D eigenvalue weighted by Gasteiger charge is -2.04. The van der Waals surface area contributed by atoms with Crippen LogP contribution in [0.5, 0.6) is 0 Å². The van der Waals surface area contributed by atoms with E-state index >= 15 is 0 Å². The van der Waals surface area contributed by atoms with Gasteiger partial charge in [-0.05, 0) is 30.5 Å². The Morgan fingerprint density at radius 3 is 2.50 bits per heavy atom. The van der Waals surface area contributed by atoms with E-state index in [1.165, 1.54) is 5.56 Å². The molecule has 0 bridgehead atoms. The fourth-order valence-electron chi connectivity index (χ4n) is 2.51. The average molecular weight is 263 g/mol. The Labute approximate surface area is 118 Å². The minimum atomic E-state index is 0.169. The van der Waals surface area contributed by atoms with Crippen molar-refractivity contribution in [2.75, 3.05) is 0 Å². The molecule has 0 saturated heterocycles. The van der Waals surface area contributed by atoms with E-state index < -0.39 is 0 Å². The zero-order chi connectivity index (χ0) is 13.8. The van der Waals surface area contributed by atoms with E-state index in [1.807, 2.05) is 54.7 Å². The smallest absolute Gasteiger partial charge is 0.231 e. The molecule has 2 nitrogen and oxygen atoms in total. The molecule has 2 aromatic carbocycles. The van der Waals surface area contributed by atoms with E-state index in [1.54, 1.807) is 4.57 Å². The Balaban J connectivity index is 1.65. The first-order valence-electron chi connectivity index (χ1n) is 6.98. The molecule has 3 rings (SSSR count). The van der Waals surface area contributed by atoms with Gasteiger partial charge < -0.3 is 0 Å². The molecule has 1 heterocycles. The molecule has 0 radical (unpaired) electrons. The van der Waals surface area contributed by atoms with E-state index in [9.17, 15) is 4.79 Å². The third-order valence-electron chi connectivity index (χ3n) is 3.57. The fourth-order valence-corrected chi connectivity index (χ4v) is 2.51. The molecule has 0 spiro atoms. The summed E-state index contributed by atoms with van der Waals surface area (Å²) in [6.07, 6.45) is 4.28. The minimum Gasteiger partial charge on any atom is -0.287 e. The maximum absolute atomic E-state index is 12.3. The first-order valence-corrected chi connectivity index (χ1v) is 6.98. The van der Waals surface area contributed by atoms with E-state index in [0.29, 0.717) is 6.42 Å². The fraction of sp³-hybridized carbons (Fsp3) is 0.167. The van der Waals surface area contributed by atoms with Crippen LogP contribution in [-0.2, 0) is 6.42 Å². The van der Waals surface area contributed by atoms with Crippen molar-refractivity contribution in [3.05, 3.63) is 72.4 Å². The first-order chi connectivity index (χ1) is 9.84. The van der Waals surface area contributed by atoms with Gasteiger partial charge in [-0.3, -0.25) is 9.36 Å². The third kappa shape index (κ3) is 2.64.